The zero-order chi connectivity index (χ0) is 11.2. The average Bonchev–Trinajstić information content (AvgIpc) is 2.38. The Morgan fingerprint density at radius 2 is 2.12 bits per heavy atom. The minimum Gasteiger partial charge on any atom is -0.395 e. The highest BCUT2D eigenvalue weighted by molar-refractivity contribution is 5.38. The van der Waals surface area contributed by atoms with Gasteiger partial charge in [0.05, 0.1) is 6.61 Å². The van der Waals surface area contributed by atoms with E-state index in [1.807, 2.05) is 6.07 Å². The van der Waals surface area contributed by atoms with Crippen molar-refractivity contribution in [2.75, 3.05) is 18.1 Å². The maximum Gasteiger partial charge on any atom is 0.132 e. The van der Waals surface area contributed by atoms with Crippen LogP contribution in [0.15, 0.2) is 18.6 Å². The number of anilines is 1. The molecule has 1 heterocycles. The van der Waals surface area contributed by atoms with Crippen LogP contribution in [0.1, 0.15) is 32.1 Å². The van der Waals surface area contributed by atoms with Crippen LogP contribution in [0, 0.1) is 0 Å². The molecule has 1 aliphatic carbocycles. The molecule has 0 saturated heterocycles. The Bertz CT molecular complexity index is 298. The van der Waals surface area contributed by atoms with E-state index in [0.717, 1.165) is 5.82 Å². The number of aliphatic hydroxyl groups excluding tert-OH is 1. The number of nitrogens with zero attached hydrogens (tertiary/aromatic N) is 3. The molecule has 1 aromatic rings. The first-order valence-corrected chi connectivity index (χ1v) is 6.05. The van der Waals surface area contributed by atoms with E-state index in [-0.39, 0.29) is 6.61 Å². The van der Waals surface area contributed by atoms with E-state index in [0.29, 0.717) is 12.6 Å². The van der Waals surface area contributed by atoms with Gasteiger partial charge in [-0.1, -0.05) is 19.3 Å². The second-order valence-electron chi connectivity index (χ2n) is 4.28. The Hall–Kier alpha value is -1.16. The number of rotatable bonds is 4. The second kappa shape index (κ2) is 5.80. The first-order valence-electron chi connectivity index (χ1n) is 6.05. The summed E-state index contributed by atoms with van der Waals surface area (Å²) in [5, 5.41) is 9.14. The largest absolute Gasteiger partial charge is 0.395 e. The molecule has 4 heteroatoms. The van der Waals surface area contributed by atoms with Crippen LogP contribution >= 0.6 is 0 Å². The molecule has 2 rings (SSSR count). The Morgan fingerprint density at radius 3 is 2.75 bits per heavy atom. The molecule has 0 amide bonds. The van der Waals surface area contributed by atoms with Gasteiger partial charge in [-0.3, -0.25) is 0 Å². The molecule has 0 unspecified atom stereocenters. The molecule has 4 nitrogen and oxygen atoms in total. The molecule has 0 aliphatic heterocycles. The lowest BCUT2D eigenvalue weighted by atomic mass is 9.94. The molecule has 1 fully saturated rings. The zero-order valence-corrected chi connectivity index (χ0v) is 9.55. The van der Waals surface area contributed by atoms with Crippen LogP contribution in [-0.2, 0) is 0 Å². The van der Waals surface area contributed by atoms with Gasteiger partial charge in [-0.15, -0.1) is 0 Å². The molecule has 0 atom stereocenters. The summed E-state index contributed by atoms with van der Waals surface area (Å²) in [6.07, 6.45) is 9.68. The standard InChI is InChI=1S/C12H19N3O/c16-9-8-15(11-4-2-1-3-5-11)12-6-7-13-10-14-12/h6-7,10-11,16H,1-5,8-9H2. The van der Waals surface area contributed by atoms with Crippen molar-refractivity contribution in [3.63, 3.8) is 0 Å². The van der Waals surface area contributed by atoms with E-state index < -0.39 is 0 Å². The average molecular weight is 221 g/mol. The summed E-state index contributed by atoms with van der Waals surface area (Å²) in [5.41, 5.74) is 0. The van der Waals surface area contributed by atoms with Gasteiger partial charge in [0.25, 0.3) is 0 Å². The van der Waals surface area contributed by atoms with Crippen LogP contribution < -0.4 is 4.90 Å². The number of hydrogen-bond donors (Lipinski definition) is 1. The molecule has 1 N–H and O–H groups in total. The fourth-order valence-electron chi connectivity index (χ4n) is 2.44. The van der Waals surface area contributed by atoms with E-state index in [1.54, 1.807) is 12.5 Å². The van der Waals surface area contributed by atoms with Crippen molar-refractivity contribution in [3.8, 4) is 0 Å². The number of hydrogen-bond acceptors (Lipinski definition) is 4. The maximum atomic E-state index is 9.14. The minimum absolute atomic E-state index is 0.181. The van der Waals surface area contributed by atoms with Crippen molar-refractivity contribution in [2.45, 2.75) is 38.1 Å². The second-order valence-corrected chi connectivity index (χ2v) is 4.28. The van der Waals surface area contributed by atoms with Crippen LogP contribution in [0.2, 0.25) is 0 Å². The first-order chi connectivity index (χ1) is 7.92. The van der Waals surface area contributed by atoms with Crippen LogP contribution in [-0.4, -0.2) is 34.3 Å². The van der Waals surface area contributed by atoms with E-state index in [4.69, 9.17) is 5.11 Å². The quantitative estimate of drug-likeness (QED) is 0.839. The van der Waals surface area contributed by atoms with E-state index in [1.165, 1.54) is 32.1 Å². The molecular formula is C12H19N3O. The predicted octanol–water partition coefficient (Wildman–Crippen LogP) is 1.61. The number of aromatic nitrogens is 2. The lowest BCUT2D eigenvalue weighted by Crippen LogP contribution is -2.39. The summed E-state index contributed by atoms with van der Waals surface area (Å²) < 4.78 is 0. The van der Waals surface area contributed by atoms with Gasteiger partial charge < -0.3 is 10.0 Å². The SMILES string of the molecule is OCCN(c1ccncn1)C1CCCCC1. The Balaban J connectivity index is 2.09. The lowest BCUT2D eigenvalue weighted by molar-refractivity contribution is 0.289. The molecule has 0 radical (unpaired) electrons. The molecular weight excluding hydrogens is 202 g/mol. The van der Waals surface area contributed by atoms with E-state index in [9.17, 15) is 0 Å². The monoisotopic (exact) mass is 221 g/mol. The van der Waals surface area contributed by atoms with Crippen molar-refractivity contribution < 1.29 is 5.11 Å². The zero-order valence-electron chi connectivity index (χ0n) is 9.55. The molecule has 16 heavy (non-hydrogen) atoms. The molecule has 0 bridgehead atoms. The van der Waals surface area contributed by atoms with Gasteiger partial charge in [-0.05, 0) is 18.9 Å². The minimum atomic E-state index is 0.181. The molecule has 1 aromatic heterocycles. The lowest BCUT2D eigenvalue weighted by Gasteiger charge is -2.34. The van der Waals surface area contributed by atoms with Crippen molar-refractivity contribution in [1.82, 2.24) is 9.97 Å². The van der Waals surface area contributed by atoms with Gasteiger partial charge in [-0.2, -0.15) is 0 Å². The molecule has 0 aromatic carbocycles. The van der Waals surface area contributed by atoms with Crippen molar-refractivity contribution in [2.24, 2.45) is 0 Å². The summed E-state index contributed by atoms with van der Waals surface area (Å²) in [7, 11) is 0. The van der Waals surface area contributed by atoms with Gasteiger partial charge in [-0.25, -0.2) is 9.97 Å². The van der Waals surface area contributed by atoms with E-state index in [2.05, 4.69) is 14.9 Å². The molecule has 1 saturated carbocycles. The fraction of sp³-hybridized carbons (Fsp3) is 0.667. The summed E-state index contributed by atoms with van der Waals surface area (Å²) in [6, 6.07) is 2.46. The summed E-state index contributed by atoms with van der Waals surface area (Å²) in [6.45, 7) is 0.849. The maximum absolute atomic E-state index is 9.14. The van der Waals surface area contributed by atoms with E-state index >= 15 is 0 Å². The predicted molar refractivity (Wildman–Crippen MR) is 63.3 cm³/mol. The highest BCUT2D eigenvalue weighted by Crippen LogP contribution is 2.25. The summed E-state index contributed by atoms with van der Waals surface area (Å²) in [4.78, 5) is 10.4. The topological polar surface area (TPSA) is 49.2 Å². The van der Waals surface area contributed by atoms with Crippen molar-refractivity contribution in [3.05, 3.63) is 18.6 Å². The summed E-state index contributed by atoms with van der Waals surface area (Å²) in [5.74, 6) is 0.941. The number of aliphatic hydroxyl groups is 1. The summed E-state index contributed by atoms with van der Waals surface area (Å²) >= 11 is 0. The van der Waals surface area contributed by atoms with Crippen LogP contribution in [0.4, 0.5) is 5.82 Å². The third-order valence-corrected chi connectivity index (χ3v) is 3.22. The Morgan fingerprint density at radius 1 is 1.31 bits per heavy atom. The van der Waals surface area contributed by atoms with Crippen molar-refractivity contribution in [1.29, 1.82) is 0 Å². The molecule has 88 valence electrons. The van der Waals surface area contributed by atoms with Crippen LogP contribution in [0.3, 0.4) is 0 Å². The first kappa shape index (κ1) is 11.3. The van der Waals surface area contributed by atoms with Gasteiger partial charge in [0.15, 0.2) is 0 Å². The third kappa shape index (κ3) is 2.70. The molecule has 0 spiro atoms. The third-order valence-electron chi connectivity index (χ3n) is 3.22. The van der Waals surface area contributed by atoms with Crippen LogP contribution in [0.5, 0.6) is 0 Å². The van der Waals surface area contributed by atoms with Gasteiger partial charge >= 0.3 is 0 Å². The van der Waals surface area contributed by atoms with Crippen molar-refractivity contribution >= 4 is 5.82 Å². The smallest absolute Gasteiger partial charge is 0.132 e. The van der Waals surface area contributed by atoms with Gasteiger partial charge in [0, 0.05) is 18.8 Å². The van der Waals surface area contributed by atoms with Gasteiger partial charge in [0.1, 0.15) is 12.1 Å². The highest BCUT2D eigenvalue weighted by atomic mass is 16.3. The Kier molecular flexibility index (Phi) is 4.10. The molecule has 1 aliphatic rings. The highest BCUT2D eigenvalue weighted by Gasteiger charge is 2.21. The normalized spacial score (nSPS) is 17.3. The van der Waals surface area contributed by atoms with Gasteiger partial charge in [0.2, 0.25) is 0 Å². The Labute approximate surface area is 96.3 Å². The van der Waals surface area contributed by atoms with Crippen LogP contribution in [0.25, 0.3) is 0 Å². The fourth-order valence-corrected chi connectivity index (χ4v) is 2.44.